The summed E-state index contributed by atoms with van der Waals surface area (Å²) >= 11 is 1.27. The number of nitrogens with one attached hydrogen (secondary N) is 2. The van der Waals surface area contributed by atoms with Crippen molar-refractivity contribution in [3.05, 3.63) is 40.4 Å². The van der Waals surface area contributed by atoms with Gasteiger partial charge in [0.1, 0.15) is 11.0 Å². The van der Waals surface area contributed by atoms with E-state index in [-0.39, 0.29) is 18.4 Å². The summed E-state index contributed by atoms with van der Waals surface area (Å²) in [6.45, 7) is 2.04. The van der Waals surface area contributed by atoms with Gasteiger partial charge in [-0.15, -0.1) is 10.2 Å². The number of nitrogens with zero attached hydrogens (tertiary/aromatic N) is 3. The van der Waals surface area contributed by atoms with Crippen LogP contribution in [0.4, 0.5) is 5.13 Å². The highest BCUT2D eigenvalue weighted by atomic mass is 32.1. The van der Waals surface area contributed by atoms with Crippen molar-refractivity contribution in [2.75, 3.05) is 19.0 Å². The van der Waals surface area contributed by atoms with Gasteiger partial charge in [-0.1, -0.05) is 49.7 Å². The van der Waals surface area contributed by atoms with Crippen LogP contribution in [0.5, 0.6) is 0 Å². The van der Waals surface area contributed by atoms with Gasteiger partial charge in [-0.05, 0) is 30.5 Å². The highest BCUT2D eigenvalue weighted by molar-refractivity contribution is 7.15. The summed E-state index contributed by atoms with van der Waals surface area (Å²) in [5.41, 5.74) is 1.15. The number of anilines is 1. The molecule has 31 heavy (non-hydrogen) atoms. The molecule has 2 aromatic rings. The monoisotopic (exact) mass is 441 g/mol. The van der Waals surface area contributed by atoms with Crippen molar-refractivity contribution in [1.82, 2.24) is 15.5 Å². The SMILES string of the molecule is COC[C@@H](NC(=O)C1(C)CCCCC1)C(=O)Nc1nnc(Cc2ccc(C#N)cc2)s1. The molecule has 1 aliphatic carbocycles. The number of benzene rings is 1. The van der Waals surface area contributed by atoms with Crippen molar-refractivity contribution in [2.45, 2.75) is 51.5 Å². The van der Waals surface area contributed by atoms with Crippen LogP contribution in [-0.4, -0.2) is 41.8 Å². The predicted octanol–water partition coefficient (Wildman–Crippen LogP) is 3.04. The quantitative estimate of drug-likeness (QED) is 0.650. The van der Waals surface area contributed by atoms with Crippen molar-refractivity contribution in [1.29, 1.82) is 5.26 Å². The highest BCUT2D eigenvalue weighted by Crippen LogP contribution is 2.36. The molecule has 2 amide bonds. The Balaban J connectivity index is 1.60. The fraction of sp³-hybridized carbons (Fsp3) is 0.500. The number of rotatable bonds is 8. The molecule has 164 valence electrons. The molecule has 0 spiro atoms. The van der Waals surface area contributed by atoms with Crippen LogP contribution in [0.2, 0.25) is 0 Å². The maximum Gasteiger partial charge on any atom is 0.251 e. The Bertz CT molecular complexity index is 945. The fourth-order valence-corrected chi connectivity index (χ4v) is 4.46. The van der Waals surface area contributed by atoms with E-state index in [4.69, 9.17) is 10.00 Å². The summed E-state index contributed by atoms with van der Waals surface area (Å²) in [5, 5.41) is 23.8. The Morgan fingerprint density at radius 3 is 2.58 bits per heavy atom. The Hall–Kier alpha value is -2.83. The smallest absolute Gasteiger partial charge is 0.251 e. The molecule has 1 aromatic heterocycles. The lowest BCUT2D eigenvalue weighted by Gasteiger charge is -2.33. The Labute approximate surface area is 186 Å². The van der Waals surface area contributed by atoms with Gasteiger partial charge in [-0.25, -0.2) is 0 Å². The molecule has 8 nitrogen and oxygen atoms in total. The molecular weight excluding hydrogens is 414 g/mol. The molecule has 1 saturated carbocycles. The molecule has 2 N–H and O–H groups in total. The van der Waals surface area contributed by atoms with Crippen LogP contribution in [0.15, 0.2) is 24.3 Å². The standard InChI is InChI=1S/C22H27N5O3S/c1-22(10-4-3-5-11-22)20(29)24-17(14-30-2)19(28)25-21-27-26-18(31-21)12-15-6-8-16(13-23)9-7-15/h6-9,17H,3-5,10-12,14H2,1-2H3,(H,24,29)(H,25,27,28)/t17-/m1/s1. The number of hydrogen-bond donors (Lipinski definition) is 2. The summed E-state index contributed by atoms with van der Waals surface area (Å²) in [4.78, 5) is 25.6. The highest BCUT2D eigenvalue weighted by Gasteiger charge is 2.36. The number of ether oxygens (including phenoxy) is 1. The molecule has 1 aromatic carbocycles. The third kappa shape index (κ3) is 6.09. The molecule has 3 rings (SSSR count). The van der Waals surface area contributed by atoms with Gasteiger partial charge in [-0.2, -0.15) is 5.26 Å². The fourth-order valence-electron chi connectivity index (χ4n) is 3.68. The van der Waals surface area contributed by atoms with E-state index in [0.717, 1.165) is 42.7 Å². The molecule has 0 bridgehead atoms. The van der Waals surface area contributed by atoms with Gasteiger partial charge < -0.3 is 10.1 Å². The average molecular weight is 442 g/mol. The van der Waals surface area contributed by atoms with E-state index in [1.54, 1.807) is 12.1 Å². The van der Waals surface area contributed by atoms with Gasteiger partial charge in [-0.3, -0.25) is 14.9 Å². The van der Waals surface area contributed by atoms with Crippen molar-refractivity contribution >= 4 is 28.3 Å². The molecule has 0 radical (unpaired) electrons. The van der Waals surface area contributed by atoms with Gasteiger partial charge in [0.15, 0.2) is 0 Å². The van der Waals surface area contributed by atoms with Gasteiger partial charge in [0.25, 0.3) is 5.91 Å². The third-order valence-electron chi connectivity index (χ3n) is 5.60. The van der Waals surface area contributed by atoms with Crippen LogP contribution >= 0.6 is 11.3 Å². The number of aromatic nitrogens is 2. The van der Waals surface area contributed by atoms with Crippen LogP contribution < -0.4 is 10.6 Å². The number of amides is 2. The van der Waals surface area contributed by atoms with Gasteiger partial charge in [0.2, 0.25) is 11.0 Å². The summed E-state index contributed by atoms with van der Waals surface area (Å²) in [5.74, 6) is -0.487. The van der Waals surface area contributed by atoms with Gasteiger partial charge in [0.05, 0.1) is 18.2 Å². The number of carbonyl (C=O) groups is 2. The maximum absolute atomic E-state index is 12.8. The summed E-state index contributed by atoms with van der Waals surface area (Å²) < 4.78 is 5.16. The maximum atomic E-state index is 12.8. The van der Waals surface area contributed by atoms with Crippen LogP contribution in [0.3, 0.4) is 0 Å². The van der Waals surface area contributed by atoms with Crippen LogP contribution in [-0.2, 0) is 20.7 Å². The topological polar surface area (TPSA) is 117 Å². The molecular formula is C22H27N5O3S. The molecule has 0 saturated heterocycles. The molecule has 0 unspecified atom stereocenters. The Morgan fingerprint density at radius 1 is 1.23 bits per heavy atom. The zero-order chi connectivity index (χ0) is 22.3. The van der Waals surface area contributed by atoms with Crippen LogP contribution in [0, 0.1) is 16.7 Å². The molecule has 1 aliphatic rings. The number of hydrogen-bond acceptors (Lipinski definition) is 7. The minimum Gasteiger partial charge on any atom is -0.382 e. The predicted molar refractivity (Wildman–Crippen MR) is 118 cm³/mol. The van der Waals surface area contributed by atoms with Gasteiger partial charge in [0, 0.05) is 18.9 Å². The van der Waals surface area contributed by atoms with E-state index in [0.29, 0.717) is 17.1 Å². The number of methoxy groups -OCH3 is 1. The largest absolute Gasteiger partial charge is 0.382 e. The van der Waals surface area contributed by atoms with Crippen LogP contribution in [0.1, 0.15) is 55.2 Å². The Kier molecular flexibility index (Phi) is 7.71. The first-order chi connectivity index (χ1) is 14.9. The average Bonchev–Trinajstić information content (AvgIpc) is 3.21. The lowest BCUT2D eigenvalue weighted by Crippen LogP contribution is -2.51. The van der Waals surface area contributed by atoms with E-state index in [9.17, 15) is 9.59 Å². The van der Waals surface area contributed by atoms with Crippen molar-refractivity contribution in [3.63, 3.8) is 0 Å². The zero-order valence-corrected chi connectivity index (χ0v) is 18.6. The minimum atomic E-state index is -0.804. The lowest BCUT2D eigenvalue weighted by atomic mass is 9.75. The van der Waals surface area contributed by atoms with Gasteiger partial charge >= 0.3 is 0 Å². The first-order valence-electron chi connectivity index (χ1n) is 10.4. The normalized spacial score (nSPS) is 16.2. The van der Waals surface area contributed by atoms with E-state index in [1.807, 2.05) is 19.1 Å². The zero-order valence-electron chi connectivity index (χ0n) is 17.8. The van der Waals surface area contributed by atoms with Crippen molar-refractivity contribution in [2.24, 2.45) is 5.41 Å². The van der Waals surface area contributed by atoms with Crippen molar-refractivity contribution < 1.29 is 14.3 Å². The van der Waals surface area contributed by atoms with E-state index in [1.165, 1.54) is 18.4 Å². The summed E-state index contributed by atoms with van der Waals surface area (Å²) in [6, 6.07) is 8.53. The molecule has 1 fully saturated rings. The molecule has 9 heteroatoms. The molecule has 1 heterocycles. The Morgan fingerprint density at radius 2 is 1.94 bits per heavy atom. The molecule has 1 atom stereocenters. The second-order valence-electron chi connectivity index (χ2n) is 8.08. The summed E-state index contributed by atoms with van der Waals surface area (Å²) in [6.07, 6.45) is 5.41. The number of nitriles is 1. The van der Waals surface area contributed by atoms with Crippen molar-refractivity contribution in [3.8, 4) is 6.07 Å². The summed E-state index contributed by atoms with van der Waals surface area (Å²) in [7, 11) is 1.50. The van der Waals surface area contributed by atoms with E-state index < -0.39 is 11.5 Å². The first kappa shape index (κ1) is 22.8. The second kappa shape index (κ2) is 10.5. The second-order valence-corrected chi connectivity index (χ2v) is 9.14. The number of carbonyl (C=O) groups excluding carboxylic acids is 2. The van der Waals surface area contributed by atoms with E-state index >= 15 is 0 Å². The first-order valence-corrected chi connectivity index (χ1v) is 11.2. The van der Waals surface area contributed by atoms with Crippen LogP contribution in [0.25, 0.3) is 0 Å². The molecule has 0 aliphatic heterocycles. The van der Waals surface area contributed by atoms with E-state index in [2.05, 4.69) is 26.9 Å². The minimum absolute atomic E-state index is 0.0740. The third-order valence-corrected chi connectivity index (χ3v) is 6.43. The lowest BCUT2D eigenvalue weighted by molar-refractivity contribution is -0.135.